The summed E-state index contributed by atoms with van der Waals surface area (Å²) >= 11 is 12.5. The molecule has 2 atom stereocenters. The van der Waals surface area contributed by atoms with Crippen LogP contribution in [-0.2, 0) is 20.7 Å². The number of aliphatic carboxylic acids is 1. The Balaban J connectivity index is 0.000000707. The monoisotopic (exact) mass is 670 g/mol. The lowest BCUT2D eigenvalue weighted by Crippen LogP contribution is -2.41. The summed E-state index contributed by atoms with van der Waals surface area (Å²) in [4.78, 5) is 34.8. The van der Waals surface area contributed by atoms with Gasteiger partial charge in [-0.3, -0.25) is 4.79 Å². The summed E-state index contributed by atoms with van der Waals surface area (Å²) in [6, 6.07) is 16.7. The first-order chi connectivity index (χ1) is 21.0. The van der Waals surface area contributed by atoms with E-state index in [2.05, 4.69) is 15.6 Å². The largest absolute Gasteiger partial charge is 0.490 e. The summed E-state index contributed by atoms with van der Waals surface area (Å²) in [6.45, 7) is 3.38. The molecule has 4 rings (SSSR count). The topological polar surface area (TPSA) is 164 Å². The number of aromatic nitrogens is 3. The number of ether oxygens (including phenoxy) is 1. The average molecular weight is 671 g/mol. The molecular formula is C29H27Cl2F3N4O7. The summed E-state index contributed by atoms with van der Waals surface area (Å²) in [5.41, 5.74) is 3.46. The predicted molar refractivity (Wildman–Crippen MR) is 157 cm³/mol. The molecule has 1 aromatic heterocycles. The Morgan fingerprint density at radius 1 is 1.02 bits per heavy atom. The Morgan fingerprint density at radius 3 is 2.27 bits per heavy atom. The van der Waals surface area contributed by atoms with Gasteiger partial charge in [0.05, 0.1) is 6.10 Å². The maximum Gasteiger partial charge on any atom is 0.490 e. The summed E-state index contributed by atoms with van der Waals surface area (Å²) in [7, 11) is 0. The molecule has 0 radical (unpaired) electrons. The van der Waals surface area contributed by atoms with Gasteiger partial charge in [-0.25, -0.2) is 9.59 Å². The highest BCUT2D eigenvalue weighted by Gasteiger charge is 2.38. The molecule has 0 aliphatic rings. The van der Waals surface area contributed by atoms with E-state index in [1.165, 1.54) is 6.07 Å². The summed E-state index contributed by atoms with van der Waals surface area (Å²) in [5, 5.41) is 38.7. The summed E-state index contributed by atoms with van der Waals surface area (Å²) in [6.07, 6.45) is -6.65. The van der Waals surface area contributed by atoms with Crippen molar-refractivity contribution in [2.75, 3.05) is 0 Å². The number of carbonyl (C=O) groups is 3. The number of amides is 1. The molecule has 16 heteroatoms. The van der Waals surface area contributed by atoms with E-state index in [1.807, 2.05) is 24.3 Å². The van der Waals surface area contributed by atoms with Crippen LogP contribution in [0.2, 0.25) is 10.0 Å². The Kier molecular flexibility index (Phi) is 11.7. The zero-order valence-corrected chi connectivity index (χ0v) is 25.1. The Morgan fingerprint density at radius 2 is 1.67 bits per heavy atom. The number of carbonyl (C=O) groups excluding carboxylic acids is 2. The summed E-state index contributed by atoms with van der Waals surface area (Å²) in [5.74, 6) is -3.97. The lowest BCUT2D eigenvalue weighted by Gasteiger charge is -2.22. The van der Waals surface area contributed by atoms with Crippen LogP contribution in [0.4, 0.5) is 13.2 Å². The number of alkyl halides is 3. The van der Waals surface area contributed by atoms with Crippen LogP contribution in [0, 0.1) is 0 Å². The fourth-order valence-electron chi connectivity index (χ4n) is 4.01. The van der Waals surface area contributed by atoms with Gasteiger partial charge in [-0.2, -0.15) is 13.2 Å². The van der Waals surface area contributed by atoms with Crippen LogP contribution >= 0.6 is 23.2 Å². The number of aliphatic hydroxyl groups is 1. The standard InChI is InChI=1S/C27H26Cl2N4O5.C2HF3O2/c1-15(2)38-27(36)25(34)14-20(30-26(35)18-7-10-23-24(12-18)33(37)32-31-23)11-16-3-5-17(6-4-16)21-13-19(28)8-9-22(21)29;3-2(4,5)1(6)7/h3-10,12-13,15,20,25,34,37H,11,14H2,1-2H3,(H,30,35);(H,6,7)/t20-,25-;/m1./s1. The minimum Gasteiger partial charge on any atom is -0.475 e. The second-order valence-electron chi connectivity index (χ2n) is 9.92. The molecule has 0 fully saturated rings. The molecule has 0 unspecified atom stereocenters. The molecule has 0 saturated carbocycles. The van der Waals surface area contributed by atoms with Crippen LogP contribution in [-0.4, -0.2) is 72.8 Å². The first-order valence-corrected chi connectivity index (χ1v) is 13.9. The number of hydrogen-bond acceptors (Lipinski definition) is 8. The van der Waals surface area contributed by atoms with Gasteiger partial charge in [-0.05, 0) is 73.0 Å². The lowest BCUT2D eigenvalue weighted by atomic mass is 9.97. The van der Waals surface area contributed by atoms with Gasteiger partial charge in [0.2, 0.25) is 0 Å². The van der Waals surface area contributed by atoms with Gasteiger partial charge in [-0.15, -0.1) is 5.10 Å². The van der Waals surface area contributed by atoms with E-state index < -0.39 is 36.2 Å². The summed E-state index contributed by atoms with van der Waals surface area (Å²) < 4.78 is 36.9. The number of esters is 1. The molecule has 0 spiro atoms. The molecular weight excluding hydrogens is 644 g/mol. The van der Waals surface area contributed by atoms with E-state index in [4.69, 9.17) is 37.8 Å². The minimum atomic E-state index is -5.08. The van der Waals surface area contributed by atoms with Crippen LogP contribution in [0.15, 0.2) is 60.7 Å². The Bertz CT molecular complexity index is 1660. The second-order valence-corrected chi connectivity index (χ2v) is 10.8. The van der Waals surface area contributed by atoms with Crippen molar-refractivity contribution in [2.45, 2.75) is 51.1 Å². The molecule has 45 heavy (non-hydrogen) atoms. The highest BCUT2D eigenvalue weighted by Crippen LogP contribution is 2.31. The van der Waals surface area contributed by atoms with Crippen molar-refractivity contribution in [2.24, 2.45) is 0 Å². The normalized spacial score (nSPS) is 12.6. The van der Waals surface area contributed by atoms with Crippen LogP contribution in [0.25, 0.3) is 22.2 Å². The molecule has 1 heterocycles. The van der Waals surface area contributed by atoms with Gasteiger partial charge < -0.3 is 25.5 Å². The van der Waals surface area contributed by atoms with Crippen molar-refractivity contribution < 1.29 is 47.7 Å². The van der Waals surface area contributed by atoms with E-state index in [1.54, 1.807) is 44.2 Å². The van der Waals surface area contributed by atoms with Crippen molar-refractivity contribution in [3.8, 4) is 11.1 Å². The zero-order chi connectivity index (χ0) is 33.5. The van der Waals surface area contributed by atoms with E-state index in [0.717, 1.165) is 16.7 Å². The quantitative estimate of drug-likeness (QED) is 0.136. The van der Waals surface area contributed by atoms with Crippen LogP contribution in [0.1, 0.15) is 36.2 Å². The molecule has 0 saturated heterocycles. The predicted octanol–water partition coefficient (Wildman–Crippen LogP) is 5.32. The molecule has 0 aliphatic carbocycles. The highest BCUT2D eigenvalue weighted by atomic mass is 35.5. The van der Waals surface area contributed by atoms with Gasteiger partial charge in [-0.1, -0.05) is 52.3 Å². The molecule has 0 bridgehead atoms. The molecule has 3 aromatic carbocycles. The van der Waals surface area contributed by atoms with Gasteiger partial charge in [0.15, 0.2) is 6.10 Å². The third kappa shape index (κ3) is 10.1. The number of nitrogens with one attached hydrogen (secondary N) is 1. The van der Waals surface area contributed by atoms with Crippen LogP contribution in [0.3, 0.4) is 0 Å². The number of hydrogen-bond donors (Lipinski definition) is 4. The minimum absolute atomic E-state index is 0.0686. The molecule has 4 N–H and O–H groups in total. The van der Waals surface area contributed by atoms with Gasteiger partial charge in [0, 0.05) is 33.6 Å². The van der Waals surface area contributed by atoms with Gasteiger partial charge in [0.1, 0.15) is 11.0 Å². The SMILES string of the molecule is CC(C)OC(=O)[C@H](O)C[C@@H](Cc1ccc(-c2cc(Cl)ccc2Cl)cc1)NC(=O)c1ccc2nnn(O)c2c1.O=C(O)C(F)(F)F. The molecule has 0 aliphatic heterocycles. The number of halogens is 5. The molecule has 240 valence electrons. The number of carboxylic acids is 1. The molecule has 11 nitrogen and oxygen atoms in total. The number of nitrogens with zero attached hydrogens (tertiary/aromatic N) is 3. The maximum atomic E-state index is 13.1. The van der Waals surface area contributed by atoms with E-state index >= 15 is 0 Å². The Hall–Kier alpha value is -4.40. The third-order valence-corrected chi connectivity index (χ3v) is 6.64. The van der Waals surface area contributed by atoms with E-state index in [9.17, 15) is 33.1 Å². The van der Waals surface area contributed by atoms with Crippen molar-refractivity contribution in [1.82, 2.24) is 20.5 Å². The number of benzene rings is 3. The first kappa shape index (κ1) is 35.1. The van der Waals surface area contributed by atoms with Crippen molar-refractivity contribution in [1.29, 1.82) is 0 Å². The second kappa shape index (κ2) is 15.1. The smallest absolute Gasteiger partial charge is 0.475 e. The van der Waals surface area contributed by atoms with Crippen molar-refractivity contribution in [3.05, 3.63) is 81.8 Å². The fourth-order valence-corrected chi connectivity index (χ4v) is 4.41. The van der Waals surface area contributed by atoms with Crippen LogP contribution in [0.5, 0.6) is 0 Å². The molecule has 1 amide bonds. The highest BCUT2D eigenvalue weighted by molar-refractivity contribution is 6.35. The van der Waals surface area contributed by atoms with Gasteiger partial charge in [0.25, 0.3) is 5.91 Å². The van der Waals surface area contributed by atoms with E-state index in [0.29, 0.717) is 26.8 Å². The van der Waals surface area contributed by atoms with Crippen LogP contribution < -0.4 is 5.32 Å². The number of carboxylic acid groups (broad SMARTS) is 1. The van der Waals surface area contributed by atoms with Crippen molar-refractivity contribution in [3.63, 3.8) is 0 Å². The first-order valence-electron chi connectivity index (χ1n) is 13.1. The Labute approximate surface area is 264 Å². The number of rotatable bonds is 9. The third-order valence-electron chi connectivity index (χ3n) is 6.08. The fraction of sp³-hybridized carbons (Fsp3) is 0.276. The maximum absolute atomic E-state index is 13.1. The van der Waals surface area contributed by atoms with Gasteiger partial charge >= 0.3 is 18.1 Å². The molecule has 4 aromatic rings. The zero-order valence-electron chi connectivity index (χ0n) is 23.6. The number of aliphatic hydroxyl groups excluding tert-OH is 1. The average Bonchev–Trinajstić information content (AvgIpc) is 3.34. The lowest BCUT2D eigenvalue weighted by molar-refractivity contribution is -0.192. The number of fused-ring (bicyclic) bond motifs is 1. The van der Waals surface area contributed by atoms with Crippen molar-refractivity contribution >= 4 is 52.1 Å². The van der Waals surface area contributed by atoms with E-state index in [-0.39, 0.29) is 23.6 Å².